The van der Waals surface area contributed by atoms with Crippen LogP contribution in [0.25, 0.3) is 0 Å². The molecular formula is C19H30O4. The number of carbonyl (C=O) groups excluding carboxylic acids is 1. The third-order valence-electron chi connectivity index (χ3n) is 6.75. The van der Waals surface area contributed by atoms with Crippen molar-refractivity contribution in [2.45, 2.75) is 64.8 Å². The topological polar surface area (TPSA) is 66.8 Å². The molecule has 1 heterocycles. The lowest BCUT2D eigenvalue weighted by molar-refractivity contribution is -0.161. The minimum absolute atomic E-state index is 0.0206. The number of hydrogen-bond acceptors (Lipinski definition) is 4. The quantitative estimate of drug-likeness (QED) is 0.616. The number of fused-ring (bicyclic) bond motifs is 4. The molecule has 0 aromatic heterocycles. The molecule has 2 aliphatic carbocycles. The van der Waals surface area contributed by atoms with Gasteiger partial charge in [-0.3, -0.25) is 4.79 Å². The van der Waals surface area contributed by atoms with Crippen molar-refractivity contribution < 1.29 is 19.7 Å². The first-order chi connectivity index (χ1) is 10.8. The summed E-state index contributed by atoms with van der Waals surface area (Å²) in [5.74, 6) is -0.156. The van der Waals surface area contributed by atoms with Gasteiger partial charge in [-0.25, -0.2) is 0 Å². The molecule has 9 unspecified atom stereocenters. The summed E-state index contributed by atoms with van der Waals surface area (Å²) in [5, 5.41) is 21.0. The van der Waals surface area contributed by atoms with Gasteiger partial charge in [0.05, 0.1) is 18.1 Å². The predicted octanol–water partition coefficient (Wildman–Crippen LogP) is 2.53. The zero-order valence-electron chi connectivity index (χ0n) is 14.6. The Morgan fingerprint density at radius 3 is 2.65 bits per heavy atom. The predicted molar refractivity (Wildman–Crippen MR) is 87.5 cm³/mol. The first kappa shape index (κ1) is 17.0. The van der Waals surface area contributed by atoms with Gasteiger partial charge in [0.1, 0.15) is 5.60 Å². The fourth-order valence-electron chi connectivity index (χ4n) is 5.54. The van der Waals surface area contributed by atoms with Crippen molar-refractivity contribution in [3.8, 4) is 0 Å². The highest BCUT2D eigenvalue weighted by Crippen LogP contribution is 2.57. The molecule has 2 bridgehead atoms. The van der Waals surface area contributed by atoms with Crippen LogP contribution in [0, 0.1) is 35.5 Å². The molecule has 0 radical (unpaired) electrons. The molecule has 1 aliphatic heterocycles. The van der Waals surface area contributed by atoms with E-state index in [1.54, 1.807) is 0 Å². The van der Waals surface area contributed by atoms with Gasteiger partial charge in [0.2, 0.25) is 0 Å². The van der Waals surface area contributed by atoms with Gasteiger partial charge >= 0.3 is 5.97 Å². The summed E-state index contributed by atoms with van der Waals surface area (Å²) < 4.78 is 5.89. The summed E-state index contributed by atoms with van der Waals surface area (Å²) in [6.07, 6.45) is 5.78. The van der Waals surface area contributed by atoms with E-state index < -0.39 is 17.8 Å². The largest absolute Gasteiger partial charge is 0.458 e. The van der Waals surface area contributed by atoms with Crippen LogP contribution in [-0.4, -0.2) is 34.0 Å². The SMILES string of the molecule is CCCCC(C)C1C2C=CC3C(C)C(O)C(O)C3C1(C)OC2=O. The average molecular weight is 322 g/mol. The lowest BCUT2D eigenvalue weighted by atomic mass is 9.66. The monoisotopic (exact) mass is 322 g/mol. The van der Waals surface area contributed by atoms with Crippen molar-refractivity contribution in [2.24, 2.45) is 35.5 Å². The van der Waals surface area contributed by atoms with E-state index in [0.29, 0.717) is 5.92 Å². The van der Waals surface area contributed by atoms with Gasteiger partial charge < -0.3 is 14.9 Å². The van der Waals surface area contributed by atoms with Gasteiger partial charge in [0.25, 0.3) is 0 Å². The third kappa shape index (κ3) is 2.37. The van der Waals surface area contributed by atoms with E-state index >= 15 is 0 Å². The highest BCUT2D eigenvalue weighted by molar-refractivity contribution is 5.78. The van der Waals surface area contributed by atoms with E-state index in [9.17, 15) is 15.0 Å². The Hall–Kier alpha value is -0.870. The van der Waals surface area contributed by atoms with Crippen LogP contribution in [0.2, 0.25) is 0 Å². The lowest BCUT2D eigenvalue weighted by Crippen LogP contribution is -2.49. The highest BCUT2D eigenvalue weighted by Gasteiger charge is 2.65. The summed E-state index contributed by atoms with van der Waals surface area (Å²) in [5.41, 5.74) is -0.700. The van der Waals surface area contributed by atoms with Crippen LogP contribution in [0.15, 0.2) is 12.2 Å². The molecular weight excluding hydrogens is 292 g/mol. The van der Waals surface area contributed by atoms with Crippen molar-refractivity contribution in [1.82, 2.24) is 0 Å². The number of rotatable bonds is 4. The number of esters is 1. The number of allylic oxidation sites excluding steroid dienone is 1. The van der Waals surface area contributed by atoms with Crippen LogP contribution in [0.5, 0.6) is 0 Å². The Balaban J connectivity index is 2.00. The molecule has 0 aromatic carbocycles. The van der Waals surface area contributed by atoms with Gasteiger partial charge in [0, 0.05) is 11.8 Å². The maximum Gasteiger partial charge on any atom is 0.313 e. The van der Waals surface area contributed by atoms with Crippen LogP contribution >= 0.6 is 0 Å². The summed E-state index contributed by atoms with van der Waals surface area (Å²) in [6, 6.07) is 0. The normalized spacial score (nSPS) is 49.7. The van der Waals surface area contributed by atoms with Crippen LogP contribution in [0.1, 0.15) is 47.0 Å². The maximum absolute atomic E-state index is 12.4. The van der Waals surface area contributed by atoms with Crippen molar-refractivity contribution in [1.29, 1.82) is 0 Å². The molecule has 130 valence electrons. The van der Waals surface area contributed by atoms with E-state index in [4.69, 9.17) is 4.74 Å². The van der Waals surface area contributed by atoms with E-state index in [1.165, 1.54) is 0 Å². The molecule has 0 amide bonds. The average Bonchev–Trinajstić information content (AvgIpc) is 2.81. The van der Waals surface area contributed by atoms with Gasteiger partial charge in [-0.15, -0.1) is 0 Å². The zero-order chi connectivity index (χ0) is 16.9. The summed E-state index contributed by atoms with van der Waals surface area (Å²) in [6.45, 7) is 8.33. The van der Waals surface area contributed by atoms with Crippen LogP contribution in [-0.2, 0) is 9.53 Å². The van der Waals surface area contributed by atoms with Crippen molar-refractivity contribution in [3.63, 3.8) is 0 Å². The van der Waals surface area contributed by atoms with Crippen molar-refractivity contribution in [3.05, 3.63) is 12.2 Å². The fourth-order valence-corrected chi connectivity index (χ4v) is 5.54. The number of carbonyl (C=O) groups is 1. The van der Waals surface area contributed by atoms with Gasteiger partial charge in [-0.05, 0) is 24.7 Å². The number of aliphatic hydroxyl groups excluding tert-OH is 2. The number of aliphatic hydroxyl groups is 2. The third-order valence-corrected chi connectivity index (χ3v) is 6.75. The molecule has 0 spiro atoms. The van der Waals surface area contributed by atoms with Gasteiger partial charge in [-0.1, -0.05) is 52.2 Å². The number of hydrogen-bond donors (Lipinski definition) is 2. The molecule has 0 aromatic rings. The van der Waals surface area contributed by atoms with Gasteiger partial charge in [0.15, 0.2) is 0 Å². The van der Waals surface area contributed by atoms with E-state index in [1.807, 2.05) is 19.9 Å². The smallest absolute Gasteiger partial charge is 0.313 e. The standard InChI is InChI=1S/C19H30O4/c1-5-6-7-10(2)14-13-9-8-12-11(3)16(20)17(21)15(12)19(14,4)23-18(13)22/h8-17,20-21H,5-7H2,1-4H3. The Kier molecular flexibility index (Phi) is 4.35. The Morgan fingerprint density at radius 1 is 1.30 bits per heavy atom. The summed E-state index contributed by atoms with van der Waals surface area (Å²) >= 11 is 0. The Labute approximate surface area is 138 Å². The van der Waals surface area contributed by atoms with E-state index in [2.05, 4.69) is 19.9 Å². The van der Waals surface area contributed by atoms with Crippen LogP contribution < -0.4 is 0 Å². The second-order valence-electron chi connectivity index (χ2n) is 8.10. The second kappa shape index (κ2) is 5.89. The first-order valence-corrected chi connectivity index (χ1v) is 9.10. The molecule has 4 nitrogen and oxygen atoms in total. The molecule has 2 N–H and O–H groups in total. The summed E-state index contributed by atoms with van der Waals surface area (Å²) in [7, 11) is 0. The van der Waals surface area contributed by atoms with Crippen molar-refractivity contribution >= 4 is 5.97 Å². The molecule has 23 heavy (non-hydrogen) atoms. The molecule has 1 saturated heterocycles. The van der Waals surface area contributed by atoms with E-state index in [-0.39, 0.29) is 35.6 Å². The Bertz CT molecular complexity index is 502. The first-order valence-electron chi connectivity index (χ1n) is 9.10. The molecule has 3 rings (SSSR count). The second-order valence-corrected chi connectivity index (χ2v) is 8.10. The molecule has 1 saturated carbocycles. The zero-order valence-corrected chi connectivity index (χ0v) is 14.6. The van der Waals surface area contributed by atoms with Crippen molar-refractivity contribution in [2.75, 3.05) is 0 Å². The molecule has 4 heteroatoms. The van der Waals surface area contributed by atoms with Crippen LogP contribution in [0.4, 0.5) is 0 Å². The number of unbranched alkanes of at least 4 members (excludes halogenated alkanes) is 1. The van der Waals surface area contributed by atoms with Crippen LogP contribution in [0.3, 0.4) is 0 Å². The van der Waals surface area contributed by atoms with E-state index in [0.717, 1.165) is 19.3 Å². The lowest BCUT2D eigenvalue weighted by Gasteiger charge is -2.41. The molecule has 2 fully saturated rings. The molecule has 3 aliphatic rings. The van der Waals surface area contributed by atoms with Gasteiger partial charge in [-0.2, -0.15) is 0 Å². The maximum atomic E-state index is 12.4. The highest BCUT2D eigenvalue weighted by atomic mass is 16.6. The Morgan fingerprint density at radius 2 is 2.00 bits per heavy atom. The summed E-state index contributed by atoms with van der Waals surface area (Å²) in [4.78, 5) is 12.4. The fraction of sp³-hybridized carbons (Fsp3) is 0.842. The number of ether oxygens (including phenoxy) is 1. The minimum Gasteiger partial charge on any atom is -0.458 e. The minimum atomic E-state index is -0.838. The molecule has 9 atom stereocenters.